The van der Waals surface area contributed by atoms with Crippen molar-refractivity contribution in [3.63, 3.8) is 0 Å². The Bertz CT molecular complexity index is 748. The van der Waals surface area contributed by atoms with Gasteiger partial charge >= 0.3 is 5.97 Å². The van der Waals surface area contributed by atoms with Crippen molar-refractivity contribution in [2.24, 2.45) is 5.73 Å². The summed E-state index contributed by atoms with van der Waals surface area (Å²) in [6.07, 6.45) is 2.81. The molecule has 0 radical (unpaired) electrons. The topological polar surface area (TPSA) is 69.4 Å². The first-order chi connectivity index (χ1) is 11.0. The lowest BCUT2D eigenvalue weighted by atomic mass is 10.0. The minimum atomic E-state index is -0.492. The van der Waals surface area contributed by atoms with Crippen LogP contribution in [0.15, 0.2) is 54.6 Å². The molecule has 2 aromatic rings. The van der Waals surface area contributed by atoms with Crippen LogP contribution in [0.3, 0.4) is 0 Å². The van der Waals surface area contributed by atoms with Gasteiger partial charge in [0, 0.05) is 6.08 Å². The molecule has 0 aliphatic carbocycles. The van der Waals surface area contributed by atoms with Crippen LogP contribution < -0.4 is 5.73 Å². The third kappa shape index (κ3) is 4.81. The predicted molar refractivity (Wildman–Crippen MR) is 90.7 cm³/mol. The molecule has 0 saturated heterocycles. The number of benzene rings is 2. The van der Waals surface area contributed by atoms with Crippen LogP contribution in [0.5, 0.6) is 0 Å². The van der Waals surface area contributed by atoms with Crippen molar-refractivity contribution in [1.82, 2.24) is 0 Å². The molecule has 0 aromatic heterocycles. The van der Waals surface area contributed by atoms with E-state index in [-0.39, 0.29) is 12.1 Å². The van der Waals surface area contributed by atoms with E-state index < -0.39 is 5.91 Å². The van der Waals surface area contributed by atoms with Crippen molar-refractivity contribution in [3.05, 3.63) is 65.7 Å². The Labute approximate surface area is 135 Å². The normalized spacial score (nSPS) is 10.9. The molecule has 2 rings (SSSR count). The van der Waals surface area contributed by atoms with E-state index in [9.17, 15) is 9.59 Å². The van der Waals surface area contributed by atoms with Gasteiger partial charge in [-0.05, 0) is 54.8 Å². The number of rotatable bonds is 5. The van der Waals surface area contributed by atoms with Crippen molar-refractivity contribution < 1.29 is 14.3 Å². The van der Waals surface area contributed by atoms with Gasteiger partial charge in [-0.2, -0.15) is 0 Å². The third-order valence-corrected chi connectivity index (χ3v) is 3.10. The first-order valence-corrected chi connectivity index (χ1v) is 7.34. The van der Waals surface area contributed by atoms with E-state index in [4.69, 9.17) is 10.5 Å². The fourth-order valence-electron chi connectivity index (χ4n) is 2.11. The predicted octanol–water partition coefficient (Wildman–Crippen LogP) is 3.42. The molecule has 4 nitrogen and oxygen atoms in total. The average molecular weight is 309 g/mol. The highest BCUT2D eigenvalue weighted by molar-refractivity contribution is 5.92. The Kier molecular flexibility index (Phi) is 5.31. The quantitative estimate of drug-likeness (QED) is 0.679. The molecule has 23 heavy (non-hydrogen) atoms. The number of hydrogen-bond donors (Lipinski definition) is 1. The molecule has 0 unspecified atom stereocenters. The Morgan fingerprint density at radius 3 is 2.35 bits per heavy atom. The van der Waals surface area contributed by atoms with Gasteiger partial charge in [0.15, 0.2) is 0 Å². The van der Waals surface area contributed by atoms with E-state index in [1.165, 1.54) is 6.08 Å². The van der Waals surface area contributed by atoms with Crippen LogP contribution >= 0.6 is 0 Å². The molecule has 0 bridgehead atoms. The standard InChI is InChI=1S/C19H19NO3/c1-13(2)23-19(22)17-8-4-7-16(12-17)15-6-3-5-14(11-15)9-10-18(20)21/h3-13H,1-2H3,(H2,20,21)/b10-9-. The molecule has 2 aromatic carbocycles. The first kappa shape index (κ1) is 16.5. The maximum Gasteiger partial charge on any atom is 0.338 e. The summed E-state index contributed by atoms with van der Waals surface area (Å²) in [4.78, 5) is 22.8. The van der Waals surface area contributed by atoms with Gasteiger partial charge in [-0.3, -0.25) is 4.79 Å². The zero-order valence-electron chi connectivity index (χ0n) is 13.2. The molecule has 118 valence electrons. The molecule has 0 saturated carbocycles. The highest BCUT2D eigenvalue weighted by Crippen LogP contribution is 2.22. The molecule has 0 atom stereocenters. The summed E-state index contributed by atoms with van der Waals surface area (Å²) < 4.78 is 5.21. The van der Waals surface area contributed by atoms with Gasteiger partial charge < -0.3 is 10.5 Å². The van der Waals surface area contributed by atoms with Gasteiger partial charge in [0.05, 0.1) is 11.7 Å². The largest absolute Gasteiger partial charge is 0.459 e. The Morgan fingerprint density at radius 2 is 1.70 bits per heavy atom. The molecule has 0 heterocycles. The second kappa shape index (κ2) is 7.40. The number of esters is 1. The SMILES string of the molecule is CC(C)OC(=O)c1cccc(-c2cccc(/C=C\C(N)=O)c2)c1. The van der Waals surface area contributed by atoms with E-state index in [1.54, 1.807) is 18.2 Å². The van der Waals surface area contributed by atoms with Crippen LogP contribution in [0.2, 0.25) is 0 Å². The minimum Gasteiger partial charge on any atom is -0.459 e. The zero-order chi connectivity index (χ0) is 16.8. The van der Waals surface area contributed by atoms with Gasteiger partial charge in [-0.15, -0.1) is 0 Å². The fraction of sp³-hybridized carbons (Fsp3) is 0.158. The molecule has 0 aliphatic heterocycles. The van der Waals surface area contributed by atoms with Crippen molar-refractivity contribution in [3.8, 4) is 11.1 Å². The molecule has 1 amide bonds. The van der Waals surface area contributed by atoms with Crippen LogP contribution in [-0.4, -0.2) is 18.0 Å². The molecule has 4 heteroatoms. The maximum atomic E-state index is 12.0. The smallest absolute Gasteiger partial charge is 0.338 e. The number of carbonyl (C=O) groups is 2. The summed E-state index contributed by atoms with van der Waals surface area (Å²) in [7, 11) is 0. The van der Waals surface area contributed by atoms with Crippen LogP contribution in [-0.2, 0) is 9.53 Å². The highest BCUT2D eigenvalue weighted by atomic mass is 16.5. The Hall–Kier alpha value is -2.88. The minimum absolute atomic E-state index is 0.159. The lowest BCUT2D eigenvalue weighted by Gasteiger charge is -2.09. The Balaban J connectivity index is 2.30. The Morgan fingerprint density at radius 1 is 1.04 bits per heavy atom. The van der Waals surface area contributed by atoms with E-state index >= 15 is 0 Å². The number of primary amides is 1. The van der Waals surface area contributed by atoms with Crippen molar-refractivity contribution >= 4 is 18.0 Å². The van der Waals surface area contributed by atoms with Gasteiger partial charge in [0.2, 0.25) is 5.91 Å². The summed E-state index contributed by atoms with van der Waals surface area (Å²) in [5, 5.41) is 0. The number of nitrogens with two attached hydrogens (primary N) is 1. The summed E-state index contributed by atoms with van der Waals surface area (Å²) >= 11 is 0. The molecule has 2 N–H and O–H groups in total. The second-order valence-corrected chi connectivity index (χ2v) is 5.40. The lowest BCUT2D eigenvalue weighted by Crippen LogP contribution is -2.11. The first-order valence-electron chi connectivity index (χ1n) is 7.34. The molecule has 0 fully saturated rings. The van der Waals surface area contributed by atoms with Gasteiger partial charge in [0.1, 0.15) is 0 Å². The zero-order valence-corrected chi connectivity index (χ0v) is 13.2. The van der Waals surface area contributed by atoms with Crippen LogP contribution in [0.25, 0.3) is 17.2 Å². The number of hydrogen-bond acceptors (Lipinski definition) is 3. The number of carbonyl (C=O) groups excluding carboxylic acids is 2. The van der Waals surface area contributed by atoms with E-state index in [0.29, 0.717) is 5.56 Å². The van der Waals surface area contributed by atoms with Crippen molar-refractivity contribution in [2.45, 2.75) is 20.0 Å². The fourth-order valence-corrected chi connectivity index (χ4v) is 2.11. The maximum absolute atomic E-state index is 12.0. The highest BCUT2D eigenvalue weighted by Gasteiger charge is 2.10. The monoisotopic (exact) mass is 309 g/mol. The molecule has 0 aliphatic rings. The van der Waals surface area contributed by atoms with Crippen LogP contribution in [0, 0.1) is 0 Å². The molecule has 0 spiro atoms. The third-order valence-electron chi connectivity index (χ3n) is 3.10. The van der Waals surface area contributed by atoms with Gasteiger partial charge in [-0.1, -0.05) is 30.3 Å². The summed E-state index contributed by atoms with van der Waals surface area (Å²) in [6.45, 7) is 3.63. The van der Waals surface area contributed by atoms with Crippen LogP contribution in [0.4, 0.5) is 0 Å². The average Bonchev–Trinajstić information content (AvgIpc) is 2.53. The van der Waals surface area contributed by atoms with E-state index in [0.717, 1.165) is 16.7 Å². The van der Waals surface area contributed by atoms with E-state index in [2.05, 4.69) is 0 Å². The summed E-state index contributed by atoms with van der Waals surface area (Å²) in [6, 6.07) is 14.9. The van der Waals surface area contributed by atoms with Crippen LogP contribution in [0.1, 0.15) is 29.8 Å². The number of amides is 1. The number of ether oxygens (including phenoxy) is 1. The molecular weight excluding hydrogens is 290 g/mol. The second-order valence-electron chi connectivity index (χ2n) is 5.40. The lowest BCUT2D eigenvalue weighted by molar-refractivity contribution is -0.113. The molecular formula is C19H19NO3. The van der Waals surface area contributed by atoms with Gasteiger partial charge in [0.25, 0.3) is 0 Å². The van der Waals surface area contributed by atoms with Crippen molar-refractivity contribution in [1.29, 1.82) is 0 Å². The van der Waals surface area contributed by atoms with Crippen molar-refractivity contribution in [2.75, 3.05) is 0 Å². The van der Waals surface area contributed by atoms with Gasteiger partial charge in [-0.25, -0.2) is 4.79 Å². The summed E-state index contributed by atoms with van der Waals surface area (Å²) in [5.74, 6) is -0.833. The summed E-state index contributed by atoms with van der Waals surface area (Å²) in [5.41, 5.74) is 8.31. The van der Waals surface area contributed by atoms with E-state index in [1.807, 2.05) is 50.2 Å².